The Bertz CT molecular complexity index is 633. The van der Waals surface area contributed by atoms with Gasteiger partial charge in [0.25, 0.3) is 0 Å². The molecule has 0 fully saturated rings. The summed E-state index contributed by atoms with van der Waals surface area (Å²) >= 11 is 0. The molecule has 0 aliphatic heterocycles. The van der Waals surface area contributed by atoms with Gasteiger partial charge in [-0.3, -0.25) is 4.79 Å². The fraction of sp³-hybridized carbons (Fsp3) is 0.450. The van der Waals surface area contributed by atoms with Crippen LogP contribution in [0.4, 0.5) is 0 Å². The number of Topliss-reactive ketones (excluding diaryl/α,β-unsaturated/α-hetero) is 1. The molecule has 0 atom stereocenters. The number of ether oxygens (including phenoxy) is 1. The highest BCUT2D eigenvalue weighted by atomic mass is 16.5. The molecule has 142 valence electrons. The molecule has 0 saturated carbocycles. The van der Waals surface area contributed by atoms with Gasteiger partial charge in [-0.2, -0.15) is 0 Å². The minimum absolute atomic E-state index is 0.0351. The van der Waals surface area contributed by atoms with Crippen molar-refractivity contribution in [3.05, 3.63) is 47.0 Å². The van der Waals surface area contributed by atoms with Gasteiger partial charge in [-0.05, 0) is 18.4 Å². The molecule has 0 radical (unpaired) electrons. The van der Waals surface area contributed by atoms with E-state index in [1.54, 1.807) is 0 Å². The molecule has 26 heavy (non-hydrogen) atoms. The Kier molecular flexibility index (Phi) is 9.94. The second-order valence-electron chi connectivity index (χ2n) is 5.98. The highest BCUT2D eigenvalue weighted by Gasteiger charge is 2.22. The lowest BCUT2D eigenvalue weighted by Crippen LogP contribution is -2.16. The van der Waals surface area contributed by atoms with Crippen LogP contribution in [-0.2, 0) is 25.5 Å². The molecular formula is C20H26O6. The second kappa shape index (κ2) is 12.0. The minimum Gasteiger partial charge on any atom is -0.478 e. The zero-order valence-electron chi connectivity index (χ0n) is 15.1. The molecule has 1 aromatic rings. The lowest BCUT2D eigenvalue weighted by molar-refractivity contribution is -0.136. The summed E-state index contributed by atoms with van der Waals surface area (Å²) < 4.78 is 5.32. The van der Waals surface area contributed by atoms with Gasteiger partial charge < -0.3 is 14.9 Å². The summed E-state index contributed by atoms with van der Waals surface area (Å²) in [5.41, 5.74) is 0.362. The number of carbonyl (C=O) groups excluding carboxylic acids is 1. The van der Waals surface area contributed by atoms with Crippen LogP contribution in [0.3, 0.4) is 0 Å². The number of carbonyl (C=O) groups is 3. The van der Waals surface area contributed by atoms with Crippen LogP contribution in [0.2, 0.25) is 0 Å². The first-order valence-electron chi connectivity index (χ1n) is 8.77. The van der Waals surface area contributed by atoms with Crippen molar-refractivity contribution in [1.29, 1.82) is 0 Å². The van der Waals surface area contributed by atoms with E-state index >= 15 is 0 Å². The van der Waals surface area contributed by atoms with Crippen LogP contribution in [0.15, 0.2) is 41.5 Å². The number of ketones is 1. The largest absolute Gasteiger partial charge is 0.478 e. The van der Waals surface area contributed by atoms with Crippen LogP contribution >= 0.6 is 0 Å². The Morgan fingerprint density at radius 2 is 1.58 bits per heavy atom. The number of hydrogen-bond donors (Lipinski definition) is 2. The maximum atomic E-state index is 12.2. The van der Waals surface area contributed by atoms with E-state index < -0.39 is 18.4 Å². The monoisotopic (exact) mass is 362 g/mol. The third-order valence-electron chi connectivity index (χ3n) is 3.93. The summed E-state index contributed by atoms with van der Waals surface area (Å²) in [5, 5.41) is 18.7. The van der Waals surface area contributed by atoms with Crippen molar-refractivity contribution in [2.75, 3.05) is 13.2 Å². The predicted molar refractivity (Wildman–Crippen MR) is 97.0 cm³/mol. The van der Waals surface area contributed by atoms with Crippen molar-refractivity contribution in [2.45, 2.75) is 45.4 Å². The van der Waals surface area contributed by atoms with Gasteiger partial charge in [-0.1, -0.05) is 43.7 Å². The van der Waals surface area contributed by atoms with E-state index in [0.717, 1.165) is 18.4 Å². The lowest BCUT2D eigenvalue weighted by atomic mass is 9.97. The maximum Gasteiger partial charge on any atom is 0.332 e. The topological polar surface area (TPSA) is 101 Å². The predicted octanol–water partition coefficient (Wildman–Crippen LogP) is 3.25. The van der Waals surface area contributed by atoms with Crippen LogP contribution in [0.5, 0.6) is 0 Å². The van der Waals surface area contributed by atoms with E-state index in [0.29, 0.717) is 13.0 Å². The lowest BCUT2D eigenvalue weighted by Gasteiger charge is -2.09. The Hall–Kier alpha value is -2.47. The van der Waals surface area contributed by atoms with E-state index in [2.05, 4.69) is 0 Å². The van der Waals surface area contributed by atoms with Crippen LogP contribution < -0.4 is 0 Å². The highest BCUT2D eigenvalue weighted by Crippen LogP contribution is 2.16. The van der Waals surface area contributed by atoms with Crippen LogP contribution in [-0.4, -0.2) is 41.1 Å². The average molecular weight is 362 g/mol. The zero-order chi connectivity index (χ0) is 19.4. The third-order valence-corrected chi connectivity index (χ3v) is 3.93. The van der Waals surface area contributed by atoms with Crippen molar-refractivity contribution < 1.29 is 29.3 Å². The molecule has 6 nitrogen and oxygen atoms in total. The van der Waals surface area contributed by atoms with Crippen molar-refractivity contribution in [3.8, 4) is 0 Å². The summed E-state index contributed by atoms with van der Waals surface area (Å²) in [6.07, 6.45) is 2.05. The Labute approximate surface area is 153 Å². The summed E-state index contributed by atoms with van der Waals surface area (Å²) in [4.78, 5) is 35.1. The fourth-order valence-corrected chi connectivity index (χ4v) is 2.43. The van der Waals surface area contributed by atoms with Gasteiger partial charge >= 0.3 is 11.9 Å². The molecule has 0 aliphatic carbocycles. The van der Waals surface area contributed by atoms with Crippen LogP contribution in [0, 0.1) is 0 Å². The van der Waals surface area contributed by atoms with Gasteiger partial charge in [0, 0.05) is 25.9 Å². The first-order chi connectivity index (χ1) is 12.5. The molecule has 1 rings (SSSR count). The van der Waals surface area contributed by atoms with Crippen molar-refractivity contribution in [1.82, 2.24) is 0 Å². The van der Waals surface area contributed by atoms with E-state index in [4.69, 9.17) is 4.74 Å². The van der Waals surface area contributed by atoms with Gasteiger partial charge in [0.1, 0.15) is 5.78 Å². The third kappa shape index (κ3) is 8.07. The molecule has 0 amide bonds. The molecule has 0 spiro atoms. The molecule has 0 saturated heterocycles. The Balaban J connectivity index is 2.71. The molecule has 0 heterocycles. The van der Waals surface area contributed by atoms with E-state index in [1.807, 2.05) is 37.3 Å². The zero-order valence-corrected chi connectivity index (χ0v) is 15.1. The standard InChI is InChI=1S/C20H26O6/c1-2-3-12-26-13-11-17(19(22)23)18(20(24)25)14-16(21)10-9-15-7-5-4-6-8-15/h4-8H,2-3,9-14H2,1H3,(H,22,23)(H,24,25)/b18-17+. The average Bonchev–Trinajstić information content (AvgIpc) is 2.62. The van der Waals surface area contributed by atoms with Gasteiger partial charge in [0.2, 0.25) is 0 Å². The summed E-state index contributed by atoms with van der Waals surface area (Å²) in [5.74, 6) is -2.99. The van der Waals surface area contributed by atoms with Gasteiger partial charge in [0.05, 0.1) is 17.8 Å². The number of carboxylic acids is 2. The van der Waals surface area contributed by atoms with Gasteiger partial charge in [-0.25, -0.2) is 9.59 Å². The SMILES string of the molecule is CCCCOCC/C(C(=O)O)=C(/CC(=O)CCc1ccccc1)C(=O)O. The van der Waals surface area contributed by atoms with E-state index in [9.17, 15) is 24.6 Å². The smallest absolute Gasteiger partial charge is 0.332 e. The number of benzene rings is 1. The molecular weight excluding hydrogens is 336 g/mol. The maximum absolute atomic E-state index is 12.2. The molecule has 2 N–H and O–H groups in total. The van der Waals surface area contributed by atoms with Crippen LogP contribution in [0.25, 0.3) is 0 Å². The highest BCUT2D eigenvalue weighted by molar-refractivity contribution is 6.02. The van der Waals surface area contributed by atoms with Crippen molar-refractivity contribution in [2.24, 2.45) is 0 Å². The summed E-state index contributed by atoms with van der Waals surface area (Å²) in [7, 11) is 0. The number of unbranched alkanes of at least 4 members (excludes halogenated alkanes) is 1. The molecule has 0 aromatic heterocycles. The summed E-state index contributed by atoms with van der Waals surface area (Å²) in [6.45, 7) is 2.63. The van der Waals surface area contributed by atoms with Crippen molar-refractivity contribution >= 4 is 17.7 Å². The molecule has 0 bridgehead atoms. The quantitative estimate of drug-likeness (QED) is 0.413. The van der Waals surface area contributed by atoms with E-state index in [-0.39, 0.29) is 36.4 Å². The number of hydrogen-bond acceptors (Lipinski definition) is 4. The number of aliphatic carboxylic acids is 2. The normalized spacial score (nSPS) is 11.7. The molecule has 0 aliphatic rings. The van der Waals surface area contributed by atoms with Gasteiger partial charge in [-0.15, -0.1) is 0 Å². The first kappa shape index (κ1) is 21.6. The first-order valence-corrected chi connectivity index (χ1v) is 8.77. The molecule has 1 aromatic carbocycles. The fourth-order valence-electron chi connectivity index (χ4n) is 2.43. The Morgan fingerprint density at radius 3 is 2.15 bits per heavy atom. The molecule has 0 unspecified atom stereocenters. The van der Waals surface area contributed by atoms with Gasteiger partial charge in [0.15, 0.2) is 0 Å². The molecule has 6 heteroatoms. The second-order valence-corrected chi connectivity index (χ2v) is 5.98. The Morgan fingerprint density at radius 1 is 0.923 bits per heavy atom. The minimum atomic E-state index is -1.37. The number of aryl methyl sites for hydroxylation is 1. The van der Waals surface area contributed by atoms with Crippen molar-refractivity contribution in [3.63, 3.8) is 0 Å². The van der Waals surface area contributed by atoms with Crippen LogP contribution in [0.1, 0.15) is 44.6 Å². The van der Waals surface area contributed by atoms with E-state index in [1.165, 1.54) is 0 Å². The number of rotatable bonds is 13. The summed E-state index contributed by atoms with van der Waals surface area (Å²) in [6, 6.07) is 9.38. The number of carboxylic acid groups (broad SMARTS) is 2.